The second-order valence-corrected chi connectivity index (χ2v) is 6.19. The molecule has 0 aliphatic heterocycles. The molecule has 0 unspecified atom stereocenters. The molecule has 0 bridgehead atoms. The van der Waals surface area contributed by atoms with Gasteiger partial charge in [-0.25, -0.2) is 0 Å². The average molecular weight is 370 g/mol. The molecule has 0 spiro atoms. The van der Waals surface area contributed by atoms with Crippen molar-refractivity contribution in [2.75, 3.05) is 12.4 Å². The molecule has 9 heteroatoms. The summed E-state index contributed by atoms with van der Waals surface area (Å²) >= 11 is 1.47. The van der Waals surface area contributed by atoms with E-state index in [1.54, 1.807) is 12.1 Å². The third-order valence-corrected chi connectivity index (χ3v) is 4.50. The van der Waals surface area contributed by atoms with E-state index in [2.05, 4.69) is 15.5 Å². The number of nitrogens with zero attached hydrogens (tertiary/aromatic N) is 2. The van der Waals surface area contributed by atoms with Gasteiger partial charge in [0.25, 0.3) is 5.91 Å². The Morgan fingerprint density at radius 3 is 2.58 bits per heavy atom. The summed E-state index contributed by atoms with van der Waals surface area (Å²) in [5, 5.41) is 19.9. The second kappa shape index (κ2) is 7.70. The lowest BCUT2D eigenvalue weighted by Crippen LogP contribution is -2.14. The Morgan fingerprint density at radius 2 is 1.88 bits per heavy atom. The zero-order chi connectivity index (χ0) is 18.5. The van der Waals surface area contributed by atoms with Crippen LogP contribution in [0.3, 0.4) is 0 Å². The molecule has 0 saturated heterocycles. The second-order valence-electron chi connectivity index (χ2n) is 5.08. The quantitative estimate of drug-likeness (QED) is 0.505. The van der Waals surface area contributed by atoms with Crippen LogP contribution in [0.1, 0.15) is 10.5 Å². The van der Waals surface area contributed by atoms with Gasteiger partial charge in [0.1, 0.15) is 0 Å². The number of H-pyrrole nitrogens is 1. The highest BCUT2D eigenvalue weighted by Crippen LogP contribution is 2.34. The lowest BCUT2D eigenvalue weighted by Gasteiger charge is -2.10. The molecule has 2 N–H and O–H groups in total. The van der Waals surface area contributed by atoms with Crippen molar-refractivity contribution in [3.63, 3.8) is 0 Å². The van der Waals surface area contributed by atoms with Crippen LogP contribution in [0.15, 0.2) is 64.4 Å². The Kier molecular flexibility index (Phi) is 5.18. The molecular weight excluding hydrogens is 356 g/mol. The highest BCUT2D eigenvalue weighted by Gasteiger charge is 2.30. The van der Waals surface area contributed by atoms with Gasteiger partial charge in [0.15, 0.2) is 0 Å². The van der Waals surface area contributed by atoms with Crippen molar-refractivity contribution < 1.29 is 14.5 Å². The zero-order valence-corrected chi connectivity index (χ0v) is 14.4. The summed E-state index contributed by atoms with van der Waals surface area (Å²) < 4.78 is 4.82. The number of carbonyl (C=O) groups excluding carboxylic acids is 1. The molecule has 8 nitrogen and oxygen atoms in total. The molecule has 1 amide bonds. The van der Waals surface area contributed by atoms with E-state index in [0.29, 0.717) is 5.69 Å². The number of amides is 1. The van der Waals surface area contributed by atoms with E-state index in [1.807, 2.05) is 42.5 Å². The number of methoxy groups -OCH3 is 1. The van der Waals surface area contributed by atoms with Gasteiger partial charge in [-0.15, -0.1) is 5.10 Å². The normalized spacial score (nSPS) is 10.3. The van der Waals surface area contributed by atoms with Gasteiger partial charge in [-0.1, -0.05) is 42.1 Å². The van der Waals surface area contributed by atoms with Gasteiger partial charge < -0.3 is 10.1 Å². The van der Waals surface area contributed by atoms with Crippen LogP contribution >= 0.6 is 11.8 Å². The molecule has 1 aromatic heterocycles. The van der Waals surface area contributed by atoms with Crippen molar-refractivity contribution in [3.05, 3.63) is 70.4 Å². The summed E-state index contributed by atoms with van der Waals surface area (Å²) in [7, 11) is 1.25. The largest absolute Gasteiger partial charge is 0.475 e. The Hall–Kier alpha value is -3.33. The lowest BCUT2D eigenvalue weighted by molar-refractivity contribution is -0.386. The van der Waals surface area contributed by atoms with Crippen LogP contribution < -0.4 is 10.1 Å². The minimum atomic E-state index is -0.706. The average Bonchev–Trinajstić information content (AvgIpc) is 3.09. The monoisotopic (exact) mass is 370 g/mol. The summed E-state index contributed by atoms with van der Waals surface area (Å²) in [6, 6.07) is 16.9. The minimum absolute atomic E-state index is 0.243. The number of aromatic amines is 1. The van der Waals surface area contributed by atoms with Crippen LogP contribution in [-0.4, -0.2) is 28.1 Å². The van der Waals surface area contributed by atoms with Crippen molar-refractivity contribution in [2.24, 2.45) is 0 Å². The van der Waals surface area contributed by atoms with Crippen LogP contribution in [0.2, 0.25) is 0 Å². The summed E-state index contributed by atoms with van der Waals surface area (Å²) in [5.74, 6) is -0.916. The zero-order valence-electron chi connectivity index (χ0n) is 13.6. The molecule has 2 aromatic carbocycles. The number of para-hydroxylation sites is 1. The van der Waals surface area contributed by atoms with Gasteiger partial charge in [0.05, 0.1) is 17.7 Å². The van der Waals surface area contributed by atoms with Crippen LogP contribution in [0.4, 0.5) is 11.4 Å². The smallest absolute Gasteiger partial charge is 0.362 e. The van der Waals surface area contributed by atoms with E-state index < -0.39 is 16.5 Å². The first kappa shape index (κ1) is 17.5. The van der Waals surface area contributed by atoms with E-state index in [4.69, 9.17) is 4.74 Å². The van der Waals surface area contributed by atoms with Crippen molar-refractivity contribution in [1.82, 2.24) is 10.2 Å². The number of aromatic nitrogens is 2. The lowest BCUT2D eigenvalue weighted by atomic mass is 10.3. The molecule has 0 saturated carbocycles. The molecule has 3 rings (SSSR count). The van der Waals surface area contributed by atoms with Crippen LogP contribution in [0.25, 0.3) is 0 Å². The fourth-order valence-corrected chi connectivity index (χ4v) is 3.17. The number of carbonyl (C=O) groups is 1. The van der Waals surface area contributed by atoms with Crippen molar-refractivity contribution in [2.45, 2.75) is 9.79 Å². The number of hydrogen-bond acceptors (Lipinski definition) is 6. The van der Waals surface area contributed by atoms with E-state index in [-0.39, 0.29) is 11.6 Å². The van der Waals surface area contributed by atoms with E-state index >= 15 is 0 Å². The molecule has 0 aliphatic rings. The molecule has 0 aliphatic carbocycles. The van der Waals surface area contributed by atoms with Crippen molar-refractivity contribution in [3.8, 4) is 5.88 Å². The van der Waals surface area contributed by atoms with Crippen molar-refractivity contribution in [1.29, 1.82) is 0 Å². The summed E-state index contributed by atoms with van der Waals surface area (Å²) in [6.07, 6.45) is 0. The highest BCUT2D eigenvalue weighted by atomic mass is 32.2. The van der Waals surface area contributed by atoms with Gasteiger partial charge in [-0.05, 0) is 24.3 Å². The van der Waals surface area contributed by atoms with Gasteiger partial charge in [0.2, 0.25) is 5.69 Å². The number of benzene rings is 2. The van der Waals surface area contributed by atoms with Crippen LogP contribution in [0, 0.1) is 10.1 Å². The molecular formula is C17H14N4O4S. The van der Waals surface area contributed by atoms with Crippen LogP contribution in [-0.2, 0) is 0 Å². The number of hydrogen-bond donors (Lipinski definition) is 2. The first-order valence-electron chi connectivity index (χ1n) is 7.50. The number of rotatable bonds is 6. The SMILES string of the molecule is COc1n[nH]c(C(=O)Nc2ccccc2Sc2ccccc2)c1[N+](=O)[O-]. The Balaban J connectivity index is 1.87. The number of anilines is 1. The summed E-state index contributed by atoms with van der Waals surface area (Å²) in [4.78, 5) is 24.8. The molecule has 0 atom stereocenters. The molecule has 132 valence electrons. The van der Waals surface area contributed by atoms with E-state index in [9.17, 15) is 14.9 Å². The first-order chi connectivity index (χ1) is 12.6. The standard InChI is InChI=1S/C17H14N4O4S/c1-25-17-15(21(23)24)14(19-20-17)16(22)18-12-9-5-6-10-13(12)26-11-7-3-2-4-8-11/h2-10H,1H3,(H,18,22)(H,19,20). The maximum absolute atomic E-state index is 12.5. The predicted molar refractivity (Wildman–Crippen MR) is 96.8 cm³/mol. The fourth-order valence-electron chi connectivity index (χ4n) is 2.25. The Morgan fingerprint density at radius 1 is 1.19 bits per heavy atom. The number of nitrogens with one attached hydrogen (secondary N) is 2. The molecule has 3 aromatic rings. The van der Waals surface area contributed by atoms with Gasteiger partial charge in [-0.2, -0.15) is 0 Å². The van der Waals surface area contributed by atoms with Crippen LogP contribution in [0.5, 0.6) is 5.88 Å². The molecule has 1 heterocycles. The van der Waals surface area contributed by atoms with Gasteiger partial charge in [0, 0.05) is 9.79 Å². The molecule has 0 radical (unpaired) electrons. The highest BCUT2D eigenvalue weighted by molar-refractivity contribution is 7.99. The van der Waals surface area contributed by atoms with Gasteiger partial charge in [-0.3, -0.25) is 20.0 Å². The number of nitro groups is 1. The van der Waals surface area contributed by atoms with E-state index in [0.717, 1.165) is 9.79 Å². The maximum Gasteiger partial charge on any atom is 0.362 e. The number of ether oxygens (including phenoxy) is 1. The maximum atomic E-state index is 12.5. The molecule has 0 fully saturated rings. The Bertz CT molecular complexity index is 943. The topological polar surface area (TPSA) is 110 Å². The van der Waals surface area contributed by atoms with Gasteiger partial charge >= 0.3 is 11.6 Å². The summed E-state index contributed by atoms with van der Waals surface area (Å²) in [5.41, 5.74) is -0.237. The third-order valence-electron chi connectivity index (χ3n) is 3.42. The first-order valence-corrected chi connectivity index (χ1v) is 8.32. The van der Waals surface area contributed by atoms with Crippen molar-refractivity contribution >= 4 is 29.0 Å². The minimum Gasteiger partial charge on any atom is -0.475 e. The predicted octanol–water partition coefficient (Wildman–Crippen LogP) is 3.73. The molecule has 26 heavy (non-hydrogen) atoms. The van der Waals surface area contributed by atoms with E-state index in [1.165, 1.54) is 18.9 Å². The third kappa shape index (κ3) is 3.67. The fraction of sp³-hybridized carbons (Fsp3) is 0.0588. The Labute approximate surface area is 152 Å². The summed E-state index contributed by atoms with van der Waals surface area (Å²) in [6.45, 7) is 0.